The maximum atomic E-state index is 6.37. The lowest BCUT2D eigenvalue weighted by Gasteiger charge is -2.26. The number of hydrogen-bond acceptors (Lipinski definition) is 3. The van der Waals surface area contributed by atoms with Gasteiger partial charge in [-0.1, -0.05) is 56.3 Å². The van der Waals surface area contributed by atoms with Gasteiger partial charge in [-0.25, -0.2) is 0 Å². The molecule has 0 N–H and O–H groups in total. The van der Waals surface area contributed by atoms with E-state index in [1.807, 2.05) is 42.5 Å². The topological polar surface area (TPSA) is 27.7 Å². The van der Waals surface area contributed by atoms with Crippen molar-refractivity contribution in [1.29, 1.82) is 0 Å². The van der Waals surface area contributed by atoms with Crippen molar-refractivity contribution in [3.8, 4) is 11.5 Å². The molecule has 0 saturated heterocycles. The maximum Gasteiger partial charge on any atom is 0.234 e. The van der Waals surface area contributed by atoms with Crippen molar-refractivity contribution in [2.75, 3.05) is 6.61 Å². The average molecular weight is 379 g/mol. The zero-order valence-electron chi connectivity index (χ0n) is 16.8. The van der Waals surface area contributed by atoms with Gasteiger partial charge in [0.05, 0.1) is 6.10 Å². The average Bonchev–Trinajstić information content (AvgIpc) is 3.36. The van der Waals surface area contributed by atoms with Crippen molar-refractivity contribution in [3.05, 3.63) is 72.3 Å². The highest BCUT2D eigenvalue weighted by Crippen LogP contribution is 2.41. The third kappa shape index (κ3) is 4.59. The number of fused-ring (bicyclic) bond motifs is 2. The van der Waals surface area contributed by atoms with E-state index < -0.39 is 6.29 Å². The number of ether oxygens (including phenoxy) is 3. The van der Waals surface area contributed by atoms with E-state index in [2.05, 4.69) is 38.1 Å². The molecule has 2 aliphatic rings. The van der Waals surface area contributed by atoms with Gasteiger partial charge in [0.2, 0.25) is 6.29 Å². The van der Waals surface area contributed by atoms with Gasteiger partial charge in [-0.15, -0.1) is 0 Å². The van der Waals surface area contributed by atoms with Crippen molar-refractivity contribution < 1.29 is 14.2 Å². The SMILES string of the molecule is CCC(C)c1ccc(OC(COc2ccccc2)OC2CC3C=CC2C3)cc1. The number of allylic oxidation sites excluding steroid dienone is 1. The molecule has 0 aromatic heterocycles. The first kappa shape index (κ1) is 19.1. The van der Waals surface area contributed by atoms with Gasteiger partial charge < -0.3 is 14.2 Å². The van der Waals surface area contributed by atoms with Crippen LogP contribution in [0.15, 0.2) is 66.7 Å². The summed E-state index contributed by atoms with van der Waals surface area (Å²) in [6.45, 7) is 4.83. The summed E-state index contributed by atoms with van der Waals surface area (Å²) in [7, 11) is 0. The summed E-state index contributed by atoms with van der Waals surface area (Å²) >= 11 is 0. The van der Waals surface area contributed by atoms with E-state index in [9.17, 15) is 0 Å². The van der Waals surface area contributed by atoms with E-state index in [-0.39, 0.29) is 6.10 Å². The number of hydrogen-bond donors (Lipinski definition) is 0. The first-order valence-corrected chi connectivity index (χ1v) is 10.5. The zero-order valence-corrected chi connectivity index (χ0v) is 16.8. The largest absolute Gasteiger partial charge is 0.487 e. The molecule has 1 saturated carbocycles. The molecule has 0 aliphatic heterocycles. The second-order valence-electron chi connectivity index (χ2n) is 8.00. The van der Waals surface area contributed by atoms with Gasteiger partial charge >= 0.3 is 0 Å². The second-order valence-corrected chi connectivity index (χ2v) is 8.00. The minimum atomic E-state index is -0.424. The van der Waals surface area contributed by atoms with Crippen LogP contribution in [0.2, 0.25) is 0 Å². The lowest BCUT2D eigenvalue weighted by atomic mass is 9.99. The van der Waals surface area contributed by atoms with E-state index >= 15 is 0 Å². The highest BCUT2D eigenvalue weighted by atomic mass is 16.7. The monoisotopic (exact) mass is 378 g/mol. The summed E-state index contributed by atoms with van der Waals surface area (Å²) in [6, 6.07) is 18.2. The Labute approximate surface area is 168 Å². The molecule has 0 radical (unpaired) electrons. The van der Waals surface area contributed by atoms with E-state index in [4.69, 9.17) is 14.2 Å². The molecule has 5 atom stereocenters. The lowest BCUT2D eigenvalue weighted by molar-refractivity contribution is -0.142. The number of benzene rings is 2. The molecule has 2 aromatic rings. The van der Waals surface area contributed by atoms with Crippen LogP contribution in [0.3, 0.4) is 0 Å². The summed E-state index contributed by atoms with van der Waals surface area (Å²) in [4.78, 5) is 0. The lowest BCUT2D eigenvalue weighted by Crippen LogP contribution is -2.34. The van der Waals surface area contributed by atoms with E-state index in [1.165, 1.54) is 12.0 Å². The first-order chi connectivity index (χ1) is 13.7. The fourth-order valence-electron chi connectivity index (χ4n) is 4.13. The molecular formula is C25H30O3. The van der Waals surface area contributed by atoms with Crippen LogP contribution in [0.1, 0.15) is 44.6 Å². The van der Waals surface area contributed by atoms with Crippen molar-refractivity contribution in [1.82, 2.24) is 0 Å². The van der Waals surface area contributed by atoms with Gasteiger partial charge in [-0.05, 0) is 60.9 Å². The third-order valence-electron chi connectivity index (χ3n) is 6.00. The smallest absolute Gasteiger partial charge is 0.234 e. The van der Waals surface area contributed by atoms with Crippen molar-refractivity contribution in [3.63, 3.8) is 0 Å². The second kappa shape index (κ2) is 8.83. The van der Waals surface area contributed by atoms with Crippen LogP contribution in [0.4, 0.5) is 0 Å². The van der Waals surface area contributed by atoms with Gasteiger partial charge in [-0.3, -0.25) is 0 Å². The van der Waals surface area contributed by atoms with Crippen LogP contribution in [0.5, 0.6) is 11.5 Å². The van der Waals surface area contributed by atoms with E-state index in [0.29, 0.717) is 24.4 Å². The standard InChI is InChI=1S/C25H30O3/c1-3-18(2)20-11-13-23(14-12-20)27-25(17-26-22-7-5-4-6-8-22)28-24-16-19-9-10-21(24)15-19/h4-14,18-19,21,24-25H,3,15-17H2,1-2H3. The van der Waals surface area contributed by atoms with E-state index in [0.717, 1.165) is 24.3 Å². The zero-order chi connectivity index (χ0) is 19.3. The normalized spacial score (nSPS) is 24.9. The Hall–Kier alpha value is -2.26. The summed E-state index contributed by atoms with van der Waals surface area (Å²) in [5.41, 5.74) is 1.34. The highest BCUT2D eigenvalue weighted by Gasteiger charge is 2.38. The molecule has 5 unspecified atom stereocenters. The minimum absolute atomic E-state index is 0.221. The van der Waals surface area contributed by atoms with Crippen molar-refractivity contribution >= 4 is 0 Å². The molecule has 4 rings (SSSR count). The Balaban J connectivity index is 1.41. The predicted octanol–water partition coefficient (Wildman–Crippen LogP) is 5.97. The van der Waals surface area contributed by atoms with Crippen molar-refractivity contribution in [2.45, 2.75) is 51.4 Å². The molecule has 2 aromatic carbocycles. The molecule has 3 heteroatoms. The number of para-hydroxylation sites is 1. The molecule has 28 heavy (non-hydrogen) atoms. The Morgan fingerprint density at radius 2 is 1.71 bits per heavy atom. The molecule has 3 nitrogen and oxygen atoms in total. The highest BCUT2D eigenvalue weighted by molar-refractivity contribution is 5.29. The molecule has 1 fully saturated rings. The Bertz CT molecular complexity index is 768. The van der Waals surface area contributed by atoms with Crippen molar-refractivity contribution in [2.24, 2.45) is 11.8 Å². The summed E-state index contributed by atoms with van der Waals surface area (Å²) in [5.74, 6) is 3.40. The Morgan fingerprint density at radius 1 is 0.929 bits per heavy atom. The predicted molar refractivity (Wildman–Crippen MR) is 112 cm³/mol. The van der Waals surface area contributed by atoms with Gasteiger partial charge in [0, 0.05) is 5.92 Å². The fourth-order valence-corrected chi connectivity index (χ4v) is 4.13. The molecule has 0 amide bonds. The van der Waals surface area contributed by atoms with Gasteiger partial charge in [0.1, 0.15) is 11.5 Å². The third-order valence-corrected chi connectivity index (χ3v) is 6.00. The Morgan fingerprint density at radius 3 is 2.36 bits per heavy atom. The van der Waals surface area contributed by atoms with E-state index in [1.54, 1.807) is 0 Å². The van der Waals surface area contributed by atoms with Crippen LogP contribution in [0.25, 0.3) is 0 Å². The van der Waals surface area contributed by atoms with Crippen LogP contribution in [0, 0.1) is 11.8 Å². The maximum absolute atomic E-state index is 6.37. The first-order valence-electron chi connectivity index (χ1n) is 10.5. The van der Waals surface area contributed by atoms with Crippen LogP contribution >= 0.6 is 0 Å². The molecule has 0 spiro atoms. The summed E-state index contributed by atoms with van der Waals surface area (Å²) in [5, 5.41) is 0. The van der Waals surface area contributed by atoms with Crippen LogP contribution < -0.4 is 9.47 Å². The molecule has 0 heterocycles. The summed E-state index contributed by atoms with van der Waals surface area (Å²) < 4.78 is 18.5. The quantitative estimate of drug-likeness (QED) is 0.398. The molecule has 148 valence electrons. The Kier molecular flexibility index (Phi) is 6.01. The summed E-state index contributed by atoms with van der Waals surface area (Å²) in [6.07, 6.45) is 7.85. The minimum Gasteiger partial charge on any atom is -0.487 e. The number of rotatable bonds is 9. The molecule has 2 bridgehead atoms. The van der Waals surface area contributed by atoms with Gasteiger partial charge in [-0.2, -0.15) is 0 Å². The fraction of sp³-hybridized carbons (Fsp3) is 0.440. The molecular weight excluding hydrogens is 348 g/mol. The molecule has 2 aliphatic carbocycles. The van der Waals surface area contributed by atoms with Crippen LogP contribution in [-0.2, 0) is 4.74 Å². The van der Waals surface area contributed by atoms with Gasteiger partial charge in [0.15, 0.2) is 6.61 Å². The van der Waals surface area contributed by atoms with Crippen LogP contribution in [-0.4, -0.2) is 19.0 Å². The van der Waals surface area contributed by atoms with Gasteiger partial charge in [0.25, 0.3) is 0 Å².